The molecule has 1 aliphatic rings. The summed E-state index contributed by atoms with van der Waals surface area (Å²) in [6.45, 7) is 5.47. The monoisotopic (exact) mass is 346 g/mol. The van der Waals surface area contributed by atoms with E-state index in [1.807, 2.05) is 24.3 Å². The highest BCUT2D eigenvalue weighted by molar-refractivity contribution is 5.96. The summed E-state index contributed by atoms with van der Waals surface area (Å²) in [7, 11) is 0. The zero-order valence-electron chi connectivity index (χ0n) is 15.2. The third-order valence-electron chi connectivity index (χ3n) is 4.96. The number of aryl methyl sites for hydroxylation is 1. The van der Waals surface area contributed by atoms with Crippen LogP contribution in [-0.4, -0.2) is 24.0 Å². The lowest BCUT2D eigenvalue weighted by Crippen LogP contribution is -2.23. The van der Waals surface area contributed by atoms with E-state index in [9.17, 15) is 4.79 Å². The van der Waals surface area contributed by atoms with Crippen LogP contribution in [0.2, 0.25) is 0 Å². The first-order valence-electron chi connectivity index (χ1n) is 9.02. The maximum atomic E-state index is 11.3. The van der Waals surface area contributed by atoms with Crippen molar-refractivity contribution in [1.82, 2.24) is 4.98 Å². The van der Waals surface area contributed by atoms with E-state index in [1.54, 1.807) is 0 Å². The van der Waals surface area contributed by atoms with E-state index in [1.165, 1.54) is 23.7 Å². The second kappa shape index (κ2) is 6.79. The van der Waals surface area contributed by atoms with Gasteiger partial charge in [-0.3, -0.25) is 9.78 Å². The normalized spacial score (nSPS) is 13.1. The largest absolute Gasteiger partial charge is 0.427 e. The van der Waals surface area contributed by atoms with Crippen LogP contribution in [0.1, 0.15) is 23.7 Å². The second-order valence-corrected chi connectivity index (χ2v) is 6.77. The van der Waals surface area contributed by atoms with Crippen LogP contribution < -0.4 is 9.64 Å². The van der Waals surface area contributed by atoms with Crippen molar-refractivity contribution in [3.8, 4) is 5.75 Å². The average molecular weight is 346 g/mol. The van der Waals surface area contributed by atoms with Crippen molar-refractivity contribution in [2.24, 2.45) is 0 Å². The number of esters is 1. The van der Waals surface area contributed by atoms with Crippen LogP contribution in [0.25, 0.3) is 10.9 Å². The Bertz CT molecular complexity index is 967. The van der Waals surface area contributed by atoms with E-state index in [0.717, 1.165) is 42.5 Å². The highest BCUT2D eigenvalue weighted by atomic mass is 16.5. The van der Waals surface area contributed by atoms with Gasteiger partial charge in [0.2, 0.25) is 0 Å². The van der Waals surface area contributed by atoms with Gasteiger partial charge in [0.05, 0.1) is 11.2 Å². The van der Waals surface area contributed by atoms with Gasteiger partial charge in [0.1, 0.15) is 5.75 Å². The molecule has 4 nitrogen and oxygen atoms in total. The van der Waals surface area contributed by atoms with Gasteiger partial charge in [0, 0.05) is 31.1 Å². The lowest BCUT2D eigenvalue weighted by molar-refractivity contribution is -0.131. The first-order chi connectivity index (χ1) is 12.6. The zero-order chi connectivity index (χ0) is 18.1. The van der Waals surface area contributed by atoms with Crippen molar-refractivity contribution in [1.29, 1.82) is 0 Å². The summed E-state index contributed by atoms with van der Waals surface area (Å²) in [5.41, 5.74) is 5.94. The molecule has 0 fully saturated rings. The first kappa shape index (κ1) is 16.6. The number of benzene rings is 2. The topological polar surface area (TPSA) is 42.4 Å². The molecule has 4 heteroatoms. The van der Waals surface area contributed by atoms with Gasteiger partial charge in [0.15, 0.2) is 0 Å². The Balaban J connectivity index is 1.71. The zero-order valence-corrected chi connectivity index (χ0v) is 15.2. The number of aromatic nitrogens is 1. The maximum absolute atomic E-state index is 11.3. The molecule has 0 saturated heterocycles. The van der Waals surface area contributed by atoms with Crippen molar-refractivity contribution in [3.05, 3.63) is 65.4 Å². The lowest BCUT2D eigenvalue weighted by Gasteiger charge is -2.21. The van der Waals surface area contributed by atoms with E-state index in [4.69, 9.17) is 9.72 Å². The predicted molar refractivity (Wildman–Crippen MR) is 104 cm³/mol. The van der Waals surface area contributed by atoms with Crippen molar-refractivity contribution in [2.45, 2.75) is 26.7 Å². The summed E-state index contributed by atoms with van der Waals surface area (Å²) in [6.07, 6.45) is 2.02. The molecule has 132 valence electrons. The van der Waals surface area contributed by atoms with Crippen LogP contribution in [0.15, 0.2) is 48.5 Å². The number of anilines is 1. The van der Waals surface area contributed by atoms with E-state index < -0.39 is 0 Å². The van der Waals surface area contributed by atoms with Crippen molar-refractivity contribution >= 4 is 22.6 Å². The Hall–Kier alpha value is -2.88. The minimum Gasteiger partial charge on any atom is -0.427 e. The van der Waals surface area contributed by atoms with Crippen LogP contribution in [0.3, 0.4) is 0 Å². The quantitative estimate of drug-likeness (QED) is 0.527. The number of ether oxygens (including phenoxy) is 1. The van der Waals surface area contributed by atoms with Crippen LogP contribution in [0.5, 0.6) is 5.75 Å². The SMILES string of the molecule is CC(=O)Oc1ccc2nc(C)c3c(c2c1)N(CCc1ccccc1)CC3. The van der Waals surface area contributed by atoms with Crippen LogP contribution >= 0.6 is 0 Å². The number of carbonyl (C=O) groups is 1. The molecule has 0 aliphatic carbocycles. The second-order valence-electron chi connectivity index (χ2n) is 6.77. The van der Waals surface area contributed by atoms with Crippen LogP contribution in [0.4, 0.5) is 5.69 Å². The molecule has 2 heterocycles. The van der Waals surface area contributed by atoms with E-state index in [-0.39, 0.29) is 5.97 Å². The van der Waals surface area contributed by atoms with Crippen molar-refractivity contribution < 1.29 is 9.53 Å². The number of nitrogens with zero attached hydrogens (tertiary/aromatic N) is 2. The lowest BCUT2D eigenvalue weighted by atomic mass is 10.1. The molecule has 0 amide bonds. The average Bonchev–Trinajstić information content (AvgIpc) is 3.06. The number of hydrogen-bond acceptors (Lipinski definition) is 4. The highest BCUT2D eigenvalue weighted by Gasteiger charge is 2.24. The minimum absolute atomic E-state index is 0.304. The van der Waals surface area contributed by atoms with Gasteiger partial charge in [-0.2, -0.15) is 0 Å². The molecule has 2 aromatic carbocycles. The minimum atomic E-state index is -0.304. The number of hydrogen-bond donors (Lipinski definition) is 0. The standard InChI is InChI=1S/C22H22N2O2/c1-15-19-11-13-24(12-10-17-6-4-3-5-7-17)22(19)20-14-18(26-16(2)25)8-9-21(20)23-15/h3-9,14H,10-13H2,1-2H3. The summed E-state index contributed by atoms with van der Waals surface area (Å²) in [5.74, 6) is 0.273. The number of fused-ring (bicyclic) bond motifs is 3. The van der Waals surface area contributed by atoms with Crippen molar-refractivity contribution in [3.63, 3.8) is 0 Å². The maximum Gasteiger partial charge on any atom is 0.308 e. The third kappa shape index (κ3) is 3.15. The molecule has 1 aromatic heterocycles. The fourth-order valence-corrected chi connectivity index (χ4v) is 3.77. The third-order valence-corrected chi connectivity index (χ3v) is 4.96. The Morgan fingerprint density at radius 1 is 1.19 bits per heavy atom. The summed E-state index contributed by atoms with van der Waals surface area (Å²) in [6, 6.07) is 16.3. The van der Waals surface area contributed by atoms with Gasteiger partial charge >= 0.3 is 5.97 Å². The summed E-state index contributed by atoms with van der Waals surface area (Å²) in [5, 5.41) is 1.06. The number of rotatable bonds is 4. The Labute approximate surface area is 153 Å². The first-order valence-corrected chi connectivity index (χ1v) is 9.02. The molecule has 0 bridgehead atoms. The Kier molecular flexibility index (Phi) is 4.33. The van der Waals surface area contributed by atoms with Gasteiger partial charge < -0.3 is 9.64 Å². The summed E-state index contributed by atoms with van der Waals surface area (Å²) in [4.78, 5) is 18.5. The van der Waals surface area contributed by atoms with E-state index >= 15 is 0 Å². The van der Waals surface area contributed by atoms with Gasteiger partial charge in [-0.15, -0.1) is 0 Å². The molecular formula is C22H22N2O2. The fraction of sp³-hybridized carbons (Fsp3) is 0.273. The molecule has 1 aliphatic heterocycles. The van der Waals surface area contributed by atoms with Gasteiger partial charge in [-0.05, 0) is 49.1 Å². The summed E-state index contributed by atoms with van der Waals surface area (Å²) >= 11 is 0. The van der Waals surface area contributed by atoms with Crippen LogP contribution in [-0.2, 0) is 17.6 Å². The Morgan fingerprint density at radius 3 is 2.77 bits per heavy atom. The highest BCUT2D eigenvalue weighted by Crippen LogP contribution is 2.38. The molecular weight excluding hydrogens is 324 g/mol. The number of carbonyl (C=O) groups excluding carboxylic acids is 1. The molecule has 0 atom stereocenters. The molecule has 0 radical (unpaired) electrons. The molecule has 3 aromatic rings. The van der Waals surface area contributed by atoms with Gasteiger partial charge in [0.25, 0.3) is 0 Å². The molecule has 4 rings (SSSR count). The smallest absolute Gasteiger partial charge is 0.308 e. The predicted octanol–water partition coefficient (Wildman–Crippen LogP) is 4.07. The molecule has 0 spiro atoms. The van der Waals surface area contributed by atoms with Gasteiger partial charge in [-0.1, -0.05) is 30.3 Å². The van der Waals surface area contributed by atoms with Crippen molar-refractivity contribution in [2.75, 3.05) is 18.0 Å². The molecule has 0 N–H and O–H groups in total. The van der Waals surface area contributed by atoms with Gasteiger partial charge in [-0.25, -0.2) is 0 Å². The van der Waals surface area contributed by atoms with Crippen LogP contribution in [0, 0.1) is 6.92 Å². The van der Waals surface area contributed by atoms with E-state index in [2.05, 4.69) is 36.1 Å². The number of pyridine rings is 1. The molecule has 0 saturated carbocycles. The van der Waals surface area contributed by atoms with E-state index in [0.29, 0.717) is 5.75 Å². The summed E-state index contributed by atoms with van der Waals surface area (Å²) < 4.78 is 5.29. The Morgan fingerprint density at radius 2 is 2.00 bits per heavy atom. The fourth-order valence-electron chi connectivity index (χ4n) is 3.77. The molecule has 0 unspecified atom stereocenters. The molecule has 26 heavy (non-hydrogen) atoms.